The molecule has 0 bridgehead atoms. The molecule has 2 unspecified atom stereocenters. The quantitative estimate of drug-likeness (QED) is 0.627. The van der Waals surface area contributed by atoms with Crippen LogP contribution < -0.4 is 5.32 Å². The lowest BCUT2D eigenvalue weighted by Gasteiger charge is -2.10. The number of carbonyl (C=O) groups excluding carboxylic acids is 2. The molecule has 0 saturated heterocycles. The highest BCUT2D eigenvalue weighted by Crippen LogP contribution is 2.10. The van der Waals surface area contributed by atoms with Crippen molar-refractivity contribution in [1.29, 1.82) is 0 Å². The van der Waals surface area contributed by atoms with Crippen LogP contribution in [0.25, 0.3) is 0 Å². The second-order valence-corrected chi connectivity index (χ2v) is 3.21. The van der Waals surface area contributed by atoms with Crippen LogP contribution in [-0.2, 0) is 9.59 Å². The van der Waals surface area contributed by atoms with Crippen molar-refractivity contribution >= 4 is 12.2 Å². The molecule has 0 aliphatic heterocycles. The summed E-state index contributed by atoms with van der Waals surface area (Å²) in [4.78, 5) is 21.3. The summed E-state index contributed by atoms with van der Waals surface area (Å²) in [7, 11) is 1.63. The number of carbonyl (C=O) groups is 2. The summed E-state index contributed by atoms with van der Waals surface area (Å²) in [6.45, 7) is 3.74. The number of rotatable bonds is 5. The van der Waals surface area contributed by atoms with Gasteiger partial charge in [0.15, 0.2) is 0 Å². The van der Waals surface area contributed by atoms with Gasteiger partial charge in [-0.2, -0.15) is 0 Å². The molecule has 1 N–H and O–H groups in total. The van der Waals surface area contributed by atoms with Crippen molar-refractivity contribution in [2.45, 2.75) is 26.7 Å². The van der Waals surface area contributed by atoms with Gasteiger partial charge in [-0.25, -0.2) is 0 Å². The number of hydrogen-bond acceptors (Lipinski definition) is 2. The van der Waals surface area contributed by atoms with Gasteiger partial charge >= 0.3 is 0 Å². The predicted octanol–water partition coefficient (Wildman–Crippen LogP) is 0.984. The Morgan fingerprint density at radius 1 is 1.42 bits per heavy atom. The van der Waals surface area contributed by atoms with E-state index in [0.717, 1.165) is 19.1 Å². The SMILES string of the molecule is CNC(=O)C(C)CCC(C)C=O. The maximum atomic E-state index is 11.0. The number of aldehydes is 1. The molecule has 0 aromatic rings. The molecule has 70 valence electrons. The smallest absolute Gasteiger partial charge is 0.222 e. The first-order valence-corrected chi connectivity index (χ1v) is 4.28. The Labute approximate surface area is 73.5 Å². The second-order valence-electron chi connectivity index (χ2n) is 3.21. The number of amides is 1. The van der Waals surface area contributed by atoms with E-state index in [1.54, 1.807) is 7.05 Å². The first kappa shape index (κ1) is 11.1. The fraction of sp³-hybridized carbons (Fsp3) is 0.778. The maximum absolute atomic E-state index is 11.0. The van der Waals surface area contributed by atoms with Crippen molar-refractivity contribution in [2.75, 3.05) is 7.05 Å². The lowest BCUT2D eigenvalue weighted by atomic mass is 9.98. The highest BCUT2D eigenvalue weighted by Gasteiger charge is 2.11. The summed E-state index contributed by atoms with van der Waals surface area (Å²) in [5, 5.41) is 2.58. The lowest BCUT2D eigenvalue weighted by Crippen LogP contribution is -2.25. The predicted molar refractivity (Wildman–Crippen MR) is 47.7 cm³/mol. The van der Waals surface area contributed by atoms with Crippen LogP contribution in [0.5, 0.6) is 0 Å². The topological polar surface area (TPSA) is 46.2 Å². The Kier molecular flexibility index (Phi) is 5.34. The average molecular weight is 171 g/mol. The third-order valence-corrected chi connectivity index (χ3v) is 1.98. The van der Waals surface area contributed by atoms with E-state index in [1.165, 1.54) is 0 Å². The van der Waals surface area contributed by atoms with Gasteiger partial charge < -0.3 is 10.1 Å². The summed E-state index contributed by atoms with van der Waals surface area (Å²) in [5.41, 5.74) is 0. The molecule has 0 aliphatic rings. The molecule has 0 spiro atoms. The zero-order valence-corrected chi connectivity index (χ0v) is 7.96. The fourth-order valence-electron chi connectivity index (χ4n) is 0.958. The molecule has 0 fully saturated rings. The average Bonchev–Trinajstić information content (AvgIpc) is 2.11. The molecule has 2 atom stereocenters. The van der Waals surface area contributed by atoms with E-state index < -0.39 is 0 Å². The maximum Gasteiger partial charge on any atom is 0.222 e. The van der Waals surface area contributed by atoms with Crippen molar-refractivity contribution in [1.82, 2.24) is 5.32 Å². The van der Waals surface area contributed by atoms with Gasteiger partial charge in [-0.05, 0) is 12.8 Å². The van der Waals surface area contributed by atoms with Gasteiger partial charge in [0.25, 0.3) is 0 Å². The Bertz CT molecular complexity index is 157. The van der Waals surface area contributed by atoms with Crippen LogP contribution in [0.15, 0.2) is 0 Å². The van der Waals surface area contributed by atoms with Crippen molar-refractivity contribution in [2.24, 2.45) is 11.8 Å². The van der Waals surface area contributed by atoms with E-state index in [0.29, 0.717) is 0 Å². The van der Waals surface area contributed by atoms with E-state index in [2.05, 4.69) is 5.32 Å². The minimum Gasteiger partial charge on any atom is -0.359 e. The Balaban J connectivity index is 3.63. The van der Waals surface area contributed by atoms with Gasteiger partial charge in [0.1, 0.15) is 6.29 Å². The number of hydrogen-bond donors (Lipinski definition) is 1. The van der Waals surface area contributed by atoms with Gasteiger partial charge in [-0.1, -0.05) is 13.8 Å². The van der Waals surface area contributed by atoms with E-state index in [9.17, 15) is 9.59 Å². The first-order valence-electron chi connectivity index (χ1n) is 4.28. The third kappa shape index (κ3) is 4.11. The molecule has 0 aliphatic carbocycles. The largest absolute Gasteiger partial charge is 0.359 e. The van der Waals surface area contributed by atoms with Crippen LogP contribution in [0.4, 0.5) is 0 Å². The zero-order chi connectivity index (χ0) is 9.56. The third-order valence-electron chi connectivity index (χ3n) is 1.98. The van der Waals surface area contributed by atoms with Crippen molar-refractivity contribution in [3.05, 3.63) is 0 Å². The summed E-state index contributed by atoms with van der Waals surface area (Å²) in [6.07, 6.45) is 2.49. The lowest BCUT2D eigenvalue weighted by molar-refractivity contribution is -0.124. The van der Waals surface area contributed by atoms with Crippen molar-refractivity contribution in [3.8, 4) is 0 Å². The first-order chi connectivity index (χ1) is 5.61. The van der Waals surface area contributed by atoms with Gasteiger partial charge in [0, 0.05) is 18.9 Å². The van der Waals surface area contributed by atoms with Gasteiger partial charge in [0.2, 0.25) is 5.91 Å². The second kappa shape index (κ2) is 5.75. The molecule has 0 saturated carbocycles. The van der Waals surface area contributed by atoms with Crippen LogP contribution in [-0.4, -0.2) is 19.2 Å². The summed E-state index contributed by atoms with van der Waals surface area (Å²) >= 11 is 0. The monoisotopic (exact) mass is 171 g/mol. The molecule has 1 amide bonds. The normalized spacial score (nSPS) is 14.9. The molecular weight excluding hydrogens is 154 g/mol. The van der Waals surface area contributed by atoms with Crippen molar-refractivity contribution < 1.29 is 9.59 Å². The zero-order valence-electron chi connectivity index (χ0n) is 7.96. The van der Waals surface area contributed by atoms with Crippen LogP contribution in [0.3, 0.4) is 0 Å². The van der Waals surface area contributed by atoms with E-state index in [4.69, 9.17) is 0 Å². The van der Waals surface area contributed by atoms with E-state index >= 15 is 0 Å². The highest BCUT2D eigenvalue weighted by atomic mass is 16.1. The molecule has 12 heavy (non-hydrogen) atoms. The standard InChI is InChI=1S/C9H17NO2/c1-7(6-11)4-5-8(2)9(12)10-3/h6-8H,4-5H2,1-3H3,(H,10,12). The Morgan fingerprint density at radius 2 is 2.00 bits per heavy atom. The molecule has 0 heterocycles. The van der Waals surface area contributed by atoms with E-state index in [1.807, 2.05) is 13.8 Å². The van der Waals surface area contributed by atoms with Crippen LogP contribution in [0.1, 0.15) is 26.7 Å². The molecule has 0 aromatic heterocycles. The van der Waals surface area contributed by atoms with Gasteiger partial charge in [-0.15, -0.1) is 0 Å². The van der Waals surface area contributed by atoms with Crippen LogP contribution >= 0.6 is 0 Å². The molecule has 0 radical (unpaired) electrons. The molecular formula is C9H17NO2. The summed E-state index contributed by atoms with van der Waals surface area (Å²) in [6, 6.07) is 0. The minimum absolute atomic E-state index is 0.0115. The van der Waals surface area contributed by atoms with Gasteiger partial charge in [-0.3, -0.25) is 4.79 Å². The summed E-state index contributed by atoms with van der Waals surface area (Å²) in [5.74, 6) is 0.127. The number of nitrogens with one attached hydrogen (secondary N) is 1. The minimum atomic E-state index is 0.0115. The summed E-state index contributed by atoms with van der Waals surface area (Å²) < 4.78 is 0. The van der Waals surface area contributed by atoms with E-state index in [-0.39, 0.29) is 17.7 Å². The van der Waals surface area contributed by atoms with Crippen molar-refractivity contribution in [3.63, 3.8) is 0 Å². The molecule has 0 rings (SSSR count). The molecule has 3 heteroatoms. The molecule has 3 nitrogen and oxygen atoms in total. The van der Waals surface area contributed by atoms with Crippen LogP contribution in [0, 0.1) is 11.8 Å². The Hall–Kier alpha value is -0.860. The van der Waals surface area contributed by atoms with Crippen LogP contribution in [0.2, 0.25) is 0 Å². The molecule has 0 aromatic carbocycles. The highest BCUT2D eigenvalue weighted by molar-refractivity contribution is 5.77. The fourth-order valence-corrected chi connectivity index (χ4v) is 0.958. The Morgan fingerprint density at radius 3 is 2.42 bits per heavy atom. The van der Waals surface area contributed by atoms with Gasteiger partial charge in [0.05, 0.1) is 0 Å².